The van der Waals surface area contributed by atoms with Gasteiger partial charge in [0, 0.05) is 31.8 Å². The zero-order valence-corrected chi connectivity index (χ0v) is 21.3. The molecule has 0 radical (unpaired) electrons. The summed E-state index contributed by atoms with van der Waals surface area (Å²) in [6, 6.07) is 9.19. The second-order valence-corrected chi connectivity index (χ2v) is 9.59. The third kappa shape index (κ3) is 5.36. The van der Waals surface area contributed by atoms with Gasteiger partial charge in [0.15, 0.2) is 0 Å². The number of amides is 4. The average molecular weight is 516 g/mol. The molecule has 9 nitrogen and oxygen atoms in total. The van der Waals surface area contributed by atoms with Gasteiger partial charge in [-0.3, -0.25) is 9.59 Å². The summed E-state index contributed by atoms with van der Waals surface area (Å²) >= 11 is 0. The van der Waals surface area contributed by atoms with Gasteiger partial charge in [0.2, 0.25) is 11.8 Å². The molecule has 2 aromatic rings. The number of methoxy groups -OCH3 is 1. The van der Waals surface area contributed by atoms with E-state index in [1.807, 2.05) is 26.0 Å². The summed E-state index contributed by atoms with van der Waals surface area (Å²) in [6.45, 7) is 3.67. The fourth-order valence-corrected chi connectivity index (χ4v) is 4.86. The van der Waals surface area contributed by atoms with Gasteiger partial charge in [0.1, 0.15) is 29.6 Å². The normalized spacial score (nSPS) is 20.4. The topological polar surface area (TPSA) is 85.4 Å². The van der Waals surface area contributed by atoms with E-state index in [1.165, 1.54) is 25.9 Å². The lowest BCUT2D eigenvalue weighted by Gasteiger charge is -2.55. The molecular weight excluding hydrogens is 484 g/mol. The second-order valence-electron chi connectivity index (χ2n) is 9.59. The van der Waals surface area contributed by atoms with Crippen LogP contribution in [0.2, 0.25) is 0 Å². The van der Waals surface area contributed by atoms with Crippen LogP contribution < -0.4 is 10.1 Å². The maximum absolute atomic E-state index is 14.4. The number of nitrogens with zero attached hydrogens (tertiary/aromatic N) is 4. The fourth-order valence-electron chi connectivity index (χ4n) is 4.86. The standard InChI is InChI=1S/C26H31F2N5O4/c1-16(2)24-25(35)31(13-18-7-8-19(27)11-21(18)28)14-22-32(24)23(34)15-30(3)33(22)26(36)29-12-17-5-9-20(37-4)10-6-17/h5-11,16,22,24H,12-15H2,1-4H3,(H,29,36). The summed E-state index contributed by atoms with van der Waals surface area (Å²) in [5, 5.41) is 5.84. The molecule has 2 fully saturated rings. The van der Waals surface area contributed by atoms with Crippen LogP contribution in [0.1, 0.15) is 25.0 Å². The summed E-state index contributed by atoms with van der Waals surface area (Å²) in [7, 11) is 3.20. The van der Waals surface area contributed by atoms with Gasteiger partial charge in [0.25, 0.3) is 0 Å². The van der Waals surface area contributed by atoms with Gasteiger partial charge in [-0.05, 0) is 29.7 Å². The zero-order valence-electron chi connectivity index (χ0n) is 21.3. The first-order valence-corrected chi connectivity index (χ1v) is 12.1. The van der Waals surface area contributed by atoms with Crippen LogP contribution in [-0.4, -0.2) is 77.1 Å². The third-order valence-corrected chi connectivity index (χ3v) is 6.69. The van der Waals surface area contributed by atoms with Crippen LogP contribution in [-0.2, 0) is 22.7 Å². The number of hydrogen-bond donors (Lipinski definition) is 1. The highest BCUT2D eigenvalue weighted by molar-refractivity contribution is 5.91. The number of fused-ring (bicyclic) bond motifs is 1. The van der Waals surface area contributed by atoms with Crippen LogP contribution in [0.4, 0.5) is 13.6 Å². The molecule has 0 spiro atoms. The number of urea groups is 1. The van der Waals surface area contributed by atoms with Gasteiger partial charge < -0.3 is 19.9 Å². The van der Waals surface area contributed by atoms with Crippen molar-refractivity contribution in [3.05, 3.63) is 65.2 Å². The lowest BCUT2D eigenvalue weighted by atomic mass is 9.96. The first-order valence-electron chi connectivity index (χ1n) is 12.1. The highest BCUT2D eigenvalue weighted by Crippen LogP contribution is 2.30. The maximum Gasteiger partial charge on any atom is 0.334 e. The number of nitrogens with one attached hydrogen (secondary N) is 1. The number of carbonyl (C=O) groups excluding carboxylic acids is 3. The number of likely N-dealkylation sites (N-methyl/N-ethyl adjacent to an activating group) is 1. The van der Waals surface area contributed by atoms with E-state index in [9.17, 15) is 23.2 Å². The largest absolute Gasteiger partial charge is 0.497 e. The minimum atomic E-state index is -0.833. The Hall–Kier alpha value is -3.73. The van der Waals surface area contributed by atoms with Crippen molar-refractivity contribution in [1.82, 2.24) is 25.1 Å². The molecule has 0 aromatic heterocycles. The lowest BCUT2D eigenvalue weighted by molar-refractivity contribution is -0.190. The lowest BCUT2D eigenvalue weighted by Crippen LogP contribution is -2.76. The van der Waals surface area contributed by atoms with Crippen molar-refractivity contribution in [1.29, 1.82) is 0 Å². The van der Waals surface area contributed by atoms with Gasteiger partial charge in [-0.25, -0.2) is 23.6 Å². The molecule has 1 N–H and O–H groups in total. The van der Waals surface area contributed by atoms with Crippen molar-refractivity contribution in [2.45, 2.75) is 39.1 Å². The van der Waals surface area contributed by atoms with E-state index >= 15 is 0 Å². The minimum Gasteiger partial charge on any atom is -0.497 e. The van der Waals surface area contributed by atoms with E-state index in [0.717, 1.165) is 17.7 Å². The predicted octanol–water partition coefficient (Wildman–Crippen LogP) is 2.57. The molecule has 2 heterocycles. The molecular formula is C26H31F2N5O4. The van der Waals surface area contributed by atoms with Crippen LogP contribution >= 0.6 is 0 Å². The SMILES string of the molecule is COc1ccc(CNC(=O)N2C3CN(Cc4ccc(F)cc4F)C(=O)C(C(C)C)N3C(=O)CN2C)cc1. The summed E-state index contributed by atoms with van der Waals surface area (Å²) in [5.74, 6) is -1.64. The van der Waals surface area contributed by atoms with Crippen LogP contribution in [0.25, 0.3) is 0 Å². The second kappa shape index (κ2) is 10.7. The van der Waals surface area contributed by atoms with E-state index in [0.29, 0.717) is 5.75 Å². The molecule has 0 saturated carbocycles. The number of carbonyl (C=O) groups is 3. The maximum atomic E-state index is 14.4. The summed E-state index contributed by atoms with van der Waals surface area (Å²) in [6.07, 6.45) is -0.796. The Bertz CT molecular complexity index is 1180. The van der Waals surface area contributed by atoms with E-state index in [2.05, 4.69) is 5.32 Å². The molecule has 2 aliphatic rings. The molecule has 2 unspecified atom stereocenters. The predicted molar refractivity (Wildman–Crippen MR) is 131 cm³/mol. The Morgan fingerprint density at radius 3 is 2.46 bits per heavy atom. The summed E-state index contributed by atoms with van der Waals surface area (Å²) in [5.41, 5.74) is 1.01. The Labute approximate surface area is 214 Å². The van der Waals surface area contributed by atoms with Gasteiger partial charge in [-0.2, -0.15) is 0 Å². The average Bonchev–Trinajstić information content (AvgIpc) is 2.85. The van der Waals surface area contributed by atoms with Crippen molar-refractivity contribution in [2.24, 2.45) is 5.92 Å². The van der Waals surface area contributed by atoms with E-state index in [4.69, 9.17) is 4.74 Å². The molecule has 0 bridgehead atoms. The van der Waals surface area contributed by atoms with E-state index in [-0.39, 0.29) is 49.5 Å². The summed E-state index contributed by atoms with van der Waals surface area (Å²) in [4.78, 5) is 42.9. The van der Waals surface area contributed by atoms with Gasteiger partial charge in [-0.1, -0.05) is 32.0 Å². The molecule has 4 rings (SSSR count). The first kappa shape index (κ1) is 26.3. The smallest absolute Gasteiger partial charge is 0.334 e. The molecule has 2 saturated heterocycles. The monoisotopic (exact) mass is 515 g/mol. The Kier molecular flexibility index (Phi) is 7.63. The molecule has 37 heavy (non-hydrogen) atoms. The van der Waals surface area contributed by atoms with Crippen LogP contribution in [0.15, 0.2) is 42.5 Å². The van der Waals surface area contributed by atoms with E-state index in [1.54, 1.807) is 26.3 Å². The number of rotatable bonds is 6. The van der Waals surface area contributed by atoms with E-state index < -0.39 is 29.9 Å². The quantitative estimate of drug-likeness (QED) is 0.639. The molecule has 11 heteroatoms. The molecule has 2 aliphatic heterocycles. The highest BCUT2D eigenvalue weighted by atomic mass is 19.1. The number of ether oxygens (including phenoxy) is 1. The van der Waals surface area contributed by atoms with Crippen molar-refractivity contribution in [3.8, 4) is 5.75 Å². The van der Waals surface area contributed by atoms with Crippen LogP contribution in [0.5, 0.6) is 5.75 Å². The van der Waals surface area contributed by atoms with Gasteiger partial charge in [-0.15, -0.1) is 0 Å². The molecule has 0 aliphatic carbocycles. The molecule has 198 valence electrons. The Balaban J connectivity index is 1.59. The molecule has 4 amide bonds. The minimum absolute atomic E-state index is 0.0229. The van der Waals surface area contributed by atoms with Gasteiger partial charge >= 0.3 is 6.03 Å². The van der Waals surface area contributed by atoms with Crippen molar-refractivity contribution < 1.29 is 27.9 Å². The Morgan fingerprint density at radius 1 is 1.14 bits per heavy atom. The summed E-state index contributed by atoms with van der Waals surface area (Å²) < 4.78 is 33.0. The highest BCUT2D eigenvalue weighted by Gasteiger charge is 2.51. The fraction of sp³-hybridized carbons (Fsp3) is 0.423. The van der Waals surface area contributed by atoms with Crippen LogP contribution in [0.3, 0.4) is 0 Å². The Morgan fingerprint density at radius 2 is 1.84 bits per heavy atom. The number of benzene rings is 2. The molecule has 2 atom stereocenters. The molecule has 2 aromatic carbocycles. The van der Waals surface area contributed by atoms with Crippen molar-refractivity contribution in [3.63, 3.8) is 0 Å². The number of hydrazine groups is 1. The number of halogens is 2. The third-order valence-electron chi connectivity index (χ3n) is 6.69. The number of hydrogen-bond acceptors (Lipinski definition) is 5. The number of piperazine rings is 1. The van der Waals surface area contributed by atoms with Gasteiger partial charge in [0.05, 0.1) is 20.2 Å². The van der Waals surface area contributed by atoms with Crippen molar-refractivity contribution in [2.75, 3.05) is 27.2 Å². The zero-order chi connectivity index (χ0) is 26.9. The first-order chi connectivity index (χ1) is 17.6. The van der Waals surface area contributed by atoms with Crippen molar-refractivity contribution >= 4 is 17.8 Å². The van der Waals surface area contributed by atoms with Crippen LogP contribution in [0, 0.1) is 17.6 Å².